The third-order valence-corrected chi connectivity index (χ3v) is 4.88. The van der Waals surface area contributed by atoms with E-state index in [2.05, 4.69) is 4.98 Å². The van der Waals surface area contributed by atoms with Gasteiger partial charge in [-0.15, -0.1) is 0 Å². The van der Waals surface area contributed by atoms with Gasteiger partial charge in [-0.1, -0.05) is 24.3 Å². The van der Waals surface area contributed by atoms with Gasteiger partial charge in [0.25, 0.3) is 5.69 Å². The zero-order valence-corrected chi connectivity index (χ0v) is 14.0. The number of carboxylic acids is 1. The van der Waals surface area contributed by atoms with Crippen LogP contribution in [0.5, 0.6) is 0 Å². The van der Waals surface area contributed by atoms with E-state index in [9.17, 15) is 25.1 Å². The number of aliphatic hydroxyl groups excluding tert-OH is 1. The van der Waals surface area contributed by atoms with Crippen molar-refractivity contribution in [3.63, 3.8) is 0 Å². The Morgan fingerprint density at radius 3 is 2.81 bits per heavy atom. The summed E-state index contributed by atoms with van der Waals surface area (Å²) < 4.78 is 1.97. The molecule has 2 aromatic carbocycles. The molecule has 3 aromatic rings. The molecule has 8 nitrogen and oxygen atoms in total. The van der Waals surface area contributed by atoms with Crippen LogP contribution >= 0.6 is 0 Å². The number of aromatic nitrogens is 2. The van der Waals surface area contributed by atoms with E-state index in [0.717, 1.165) is 22.9 Å². The van der Waals surface area contributed by atoms with Crippen molar-refractivity contribution in [2.75, 3.05) is 0 Å². The topological polar surface area (TPSA) is 118 Å². The maximum atomic E-state index is 11.3. The van der Waals surface area contributed by atoms with E-state index in [1.165, 1.54) is 12.1 Å². The van der Waals surface area contributed by atoms with Crippen molar-refractivity contribution in [1.29, 1.82) is 0 Å². The molecule has 1 aromatic heterocycles. The number of imidazole rings is 1. The van der Waals surface area contributed by atoms with Gasteiger partial charge in [-0.3, -0.25) is 10.1 Å². The lowest BCUT2D eigenvalue weighted by molar-refractivity contribution is -0.385. The van der Waals surface area contributed by atoms with Crippen LogP contribution in [-0.2, 0) is 0 Å². The van der Waals surface area contributed by atoms with Crippen LogP contribution in [0, 0.1) is 10.1 Å². The van der Waals surface area contributed by atoms with Crippen molar-refractivity contribution in [2.24, 2.45) is 0 Å². The average molecular weight is 365 g/mol. The van der Waals surface area contributed by atoms with E-state index in [1.807, 2.05) is 28.8 Å². The Hall–Kier alpha value is -3.52. The Bertz CT molecular complexity index is 1060. The Morgan fingerprint density at radius 1 is 1.30 bits per heavy atom. The van der Waals surface area contributed by atoms with E-state index < -0.39 is 28.2 Å². The van der Waals surface area contributed by atoms with Gasteiger partial charge in [0.15, 0.2) is 0 Å². The Balaban J connectivity index is 1.67. The number of hydrogen-bond acceptors (Lipinski definition) is 5. The van der Waals surface area contributed by atoms with Gasteiger partial charge in [0, 0.05) is 18.1 Å². The molecular weight excluding hydrogens is 350 g/mol. The van der Waals surface area contributed by atoms with Crippen molar-refractivity contribution in [3.05, 3.63) is 81.8 Å². The number of nitro benzene ring substituents is 1. The van der Waals surface area contributed by atoms with E-state index >= 15 is 0 Å². The van der Waals surface area contributed by atoms with Crippen molar-refractivity contribution in [3.8, 4) is 11.3 Å². The van der Waals surface area contributed by atoms with Crippen LogP contribution in [0.25, 0.3) is 11.3 Å². The van der Waals surface area contributed by atoms with Crippen LogP contribution in [-0.4, -0.2) is 30.7 Å². The molecule has 0 spiro atoms. The highest BCUT2D eigenvalue weighted by molar-refractivity contribution is 5.92. The smallest absolute Gasteiger partial charge is 0.342 e. The minimum Gasteiger partial charge on any atom is -0.477 e. The largest absolute Gasteiger partial charge is 0.477 e. The third kappa shape index (κ3) is 2.76. The summed E-state index contributed by atoms with van der Waals surface area (Å²) >= 11 is 0. The summed E-state index contributed by atoms with van der Waals surface area (Å²) in [6.45, 7) is 0. The van der Waals surface area contributed by atoms with Crippen molar-refractivity contribution < 1.29 is 19.9 Å². The summed E-state index contributed by atoms with van der Waals surface area (Å²) in [7, 11) is 0. The molecule has 2 heterocycles. The predicted octanol–water partition coefficient (Wildman–Crippen LogP) is 3.18. The standard InChI is InChI=1S/C19H15N3O5/c23-18(11-5-6-15(22(26)27)14(7-11)19(24)25)8-16-12-3-1-2-4-13(12)17-9-20-10-21(16)17/h1-7,9-10,16,18,23H,8H2,(H,24,25). The lowest BCUT2D eigenvalue weighted by Gasteiger charge is -2.19. The van der Waals surface area contributed by atoms with Gasteiger partial charge in [0.2, 0.25) is 0 Å². The molecule has 2 unspecified atom stereocenters. The summed E-state index contributed by atoms with van der Waals surface area (Å²) in [6, 6.07) is 11.4. The molecule has 0 saturated heterocycles. The summed E-state index contributed by atoms with van der Waals surface area (Å²) in [5.41, 5.74) is 2.44. The predicted molar refractivity (Wildman–Crippen MR) is 95.4 cm³/mol. The van der Waals surface area contributed by atoms with E-state index in [-0.39, 0.29) is 12.5 Å². The monoisotopic (exact) mass is 365 g/mol. The molecular formula is C19H15N3O5. The molecule has 2 atom stereocenters. The normalized spacial score (nSPS) is 15.8. The number of benzene rings is 2. The fourth-order valence-corrected chi connectivity index (χ4v) is 3.61. The first-order valence-electron chi connectivity index (χ1n) is 8.28. The third-order valence-electron chi connectivity index (χ3n) is 4.88. The molecule has 27 heavy (non-hydrogen) atoms. The van der Waals surface area contributed by atoms with Gasteiger partial charge in [0.1, 0.15) is 5.56 Å². The number of nitrogens with zero attached hydrogens (tertiary/aromatic N) is 3. The Kier molecular flexibility index (Phi) is 3.97. The average Bonchev–Trinajstić information content (AvgIpc) is 3.24. The molecule has 8 heteroatoms. The molecule has 0 bridgehead atoms. The first-order chi connectivity index (χ1) is 13.0. The molecule has 0 radical (unpaired) electrons. The highest BCUT2D eigenvalue weighted by Gasteiger charge is 2.31. The second-order valence-electron chi connectivity index (χ2n) is 6.38. The molecule has 0 amide bonds. The zero-order valence-electron chi connectivity index (χ0n) is 14.0. The quantitative estimate of drug-likeness (QED) is 0.529. The number of hydrogen-bond donors (Lipinski definition) is 2. The number of carbonyl (C=O) groups is 1. The highest BCUT2D eigenvalue weighted by atomic mass is 16.6. The number of fused-ring (bicyclic) bond motifs is 3. The molecule has 1 aliphatic rings. The molecule has 0 aliphatic carbocycles. The summed E-state index contributed by atoms with van der Waals surface area (Å²) in [5.74, 6) is -1.40. The van der Waals surface area contributed by atoms with Crippen LogP contribution in [0.3, 0.4) is 0 Å². The first-order valence-corrected chi connectivity index (χ1v) is 8.28. The lowest BCUT2D eigenvalue weighted by atomic mass is 9.94. The van der Waals surface area contributed by atoms with Crippen LogP contribution in [0.1, 0.15) is 40.1 Å². The fraction of sp³-hybridized carbons (Fsp3) is 0.158. The molecule has 2 N–H and O–H groups in total. The number of carboxylic acid groups (broad SMARTS) is 1. The maximum absolute atomic E-state index is 11.3. The van der Waals surface area contributed by atoms with Crippen molar-refractivity contribution >= 4 is 11.7 Å². The van der Waals surface area contributed by atoms with Crippen LogP contribution < -0.4 is 0 Å². The minimum absolute atomic E-state index is 0.155. The summed E-state index contributed by atoms with van der Waals surface area (Å²) in [6.07, 6.45) is 2.76. The van der Waals surface area contributed by atoms with Gasteiger partial charge < -0.3 is 14.8 Å². The number of rotatable bonds is 5. The van der Waals surface area contributed by atoms with Crippen LogP contribution in [0.2, 0.25) is 0 Å². The van der Waals surface area contributed by atoms with Crippen molar-refractivity contribution in [1.82, 2.24) is 9.55 Å². The number of aromatic carboxylic acids is 1. The van der Waals surface area contributed by atoms with Gasteiger partial charge in [0.05, 0.1) is 35.3 Å². The Morgan fingerprint density at radius 2 is 2.07 bits per heavy atom. The summed E-state index contributed by atoms with van der Waals surface area (Å²) in [5, 5.41) is 30.9. The minimum atomic E-state index is -1.40. The van der Waals surface area contributed by atoms with E-state index in [4.69, 9.17) is 0 Å². The highest BCUT2D eigenvalue weighted by Crippen LogP contribution is 2.43. The van der Waals surface area contributed by atoms with E-state index in [0.29, 0.717) is 5.56 Å². The molecule has 4 rings (SSSR count). The molecule has 0 saturated carbocycles. The van der Waals surface area contributed by atoms with Gasteiger partial charge >= 0.3 is 5.97 Å². The maximum Gasteiger partial charge on any atom is 0.342 e. The second kappa shape index (κ2) is 6.33. The summed E-state index contributed by atoms with van der Waals surface area (Å²) in [4.78, 5) is 25.8. The van der Waals surface area contributed by atoms with Crippen molar-refractivity contribution in [2.45, 2.75) is 18.6 Å². The van der Waals surface area contributed by atoms with Gasteiger partial charge in [-0.2, -0.15) is 0 Å². The fourth-order valence-electron chi connectivity index (χ4n) is 3.61. The SMILES string of the molecule is O=C(O)c1cc(C(O)CC2c3ccccc3-c3cncn32)ccc1[N+](=O)[O-]. The molecule has 0 fully saturated rings. The van der Waals surface area contributed by atoms with E-state index in [1.54, 1.807) is 12.5 Å². The van der Waals surface area contributed by atoms with Gasteiger partial charge in [-0.05, 0) is 23.3 Å². The second-order valence-corrected chi connectivity index (χ2v) is 6.38. The van der Waals surface area contributed by atoms with Crippen LogP contribution in [0.4, 0.5) is 5.69 Å². The number of nitro groups is 1. The number of aliphatic hydroxyl groups is 1. The Labute approximate surface area is 153 Å². The molecule has 136 valence electrons. The van der Waals surface area contributed by atoms with Gasteiger partial charge in [-0.25, -0.2) is 9.78 Å². The molecule has 1 aliphatic heterocycles. The zero-order chi connectivity index (χ0) is 19.1. The first kappa shape index (κ1) is 16.9. The lowest BCUT2D eigenvalue weighted by Crippen LogP contribution is -2.11. The van der Waals surface area contributed by atoms with Crippen LogP contribution in [0.15, 0.2) is 55.0 Å².